The summed E-state index contributed by atoms with van der Waals surface area (Å²) in [6.45, 7) is 3.49. The molecule has 5 nitrogen and oxygen atoms in total. The first-order valence-corrected chi connectivity index (χ1v) is 6.92. The van der Waals surface area contributed by atoms with Crippen molar-refractivity contribution in [3.63, 3.8) is 0 Å². The summed E-state index contributed by atoms with van der Waals surface area (Å²) in [6, 6.07) is 0. The van der Waals surface area contributed by atoms with E-state index in [2.05, 4.69) is 4.90 Å². The Balaban J connectivity index is 1.68. The molecule has 18 heavy (non-hydrogen) atoms. The Kier molecular flexibility index (Phi) is 3.35. The maximum absolute atomic E-state index is 12.3. The second kappa shape index (κ2) is 4.97. The molecule has 3 rings (SSSR count). The minimum Gasteiger partial charge on any atom is -0.379 e. The highest BCUT2D eigenvalue weighted by atomic mass is 16.5. The van der Waals surface area contributed by atoms with Gasteiger partial charge in [0.1, 0.15) is 0 Å². The van der Waals surface area contributed by atoms with Crippen molar-refractivity contribution in [2.75, 3.05) is 33.0 Å². The van der Waals surface area contributed by atoms with Crippen molar-refractivity contribution in [1.29, 1.82) is 0 Å². The molecule has 2 atom stereocenters. The SMILES string of the molecule is O=C1[C@@H]2CCCC[C@H]2C(=O)N1CN1CCOCC1. The predicted molar refractivity (Wildman–Crippen MR) is 64.6 cm³/mol. The van der Waals surface area contributed by atoms with Crippen molar-refractivity contribution >= 4 is 11.8 Å². The Morgan fingerprint density at radius 3 is 2.11 bits per heavy atom. The second-order valence-electron chi connectivity index (χ2n) is 5.47. The summed E-state index contributed by atoms with van der Waals surface area (Å²) in [5.41, 5.74) is 0. The zero-order valence-corrected chi connectivity index (χ0v) is 10.6. The van der Waals surface area contributed by atoms with Crippen LogP contribution in [0.1, 0.15) is 25.7 Å². The minimum atomic E-state index is -0.0210. The molecule has 2 amide bonds. The molecule has 0 bridgehead atoms. The fourth-order valence-electron chi connectivity index (χ4n) is 3.31. The summed E-state index contributed by atoms with van der Waals surface area (Å²) in [7, 11) is 0. The summed E-state index contributed by atoms with van der Waals surface area (Å²) in [5, 5.41) is 0. The Morgan fingerprint density at radius 2 is 1.56 bits per heavy atom. The number of morpholine rings is 1. The highest BCUT2D eigenvalue weighted by molar-refractivity contribution is 6.05. The lowest BCUT2D eigenvalue weighted by atomic mass is 9.81. The number of hydrogen-bond donors (Lipinski definition) is 0. The van der Waals surface area contributed by atoms with Gasteiger partial charge < -0.3 is 4.74 Å². The van der Waals surface area contributed by atoms with E-state index in [4.69, 9.17) is 4.74 Å². The molecule has 5 heteroatoms. The monoisotopic (exact) mass is 252 g/mol. The summed E-state index contributed by atoms with van der Waals surface area (Å²) in [4.78, 5) is 28.2. The number of amides is 2. The lowest BCUT2D eigenvalue weighted by molar-refractivity contribution is -0.143. The third-order valence-electron chi connectivity index (χ3n) is 4.38. The molecule has 0 aromatic carbocycles. The number of ether oxygens (including phenoxy) is 1. The quantitative estimate of drug-likeness (QED) is 0.670. The zero-order valence-electron chi connectivity index (χ0n) is 10.6. The average Bonchev–Trinajstić information content (AvgIpc) is 2.66. The zero-order chi connectivity index (χ0) is 12.5. The van der Waals surface area contributed by atoms with E-state index in [0.29, 0.717) is 19.9 Å². The van der Waals surface area contributed by atoms with E-state index in [1.54, 1.807) is 0 Å². The summed E-state index contributed by atoms with van der Waals surface area (Å²) in [5.74, 6) is 0.0898. The number of carbonyl (C=O) groups excluding carboxylic acids is 2. The molecular formula is C13H20N2O3. The number of nitrogens with zero attached hydrogens (tertiary/aromatic N) is 2. The van der Waals surface area contributed by atoms with E-state index in [9.17, 15) is 9.59 Å². The van der Waals surface area contributed by atoms with Crippen molar-refractivity contribution < 1.29 is 14.3 Å². The van der Waals surface area contributed by atoms with Crippen LogP contribution in [0.3, 0.4) is 0 Å². The Hall–Kier alpha value is -0.940. The standard InChI is InChI=1S/C13H20N2O3/c16-12-10-3-1-2-4-11(10)13(17)15(12)9-14-5-7-18-8-6-14/h10-11H,1-9H2/t10-,11-/m1/s1. The van der Waals surface area contributed by atoms with Gasteiger partial charge in [0.2, 0.25) is 11.8 Å². The van der Waals surface area contributed by atoms with Crippen molar-refractivity contribution in [2.24, 2.45) is 11.8 Å². The number of rotatable bonds is 2. The number of hydrogen-bond acceptors (Lipinski definition) is 4. The molecule has 0 unspecified atom stereocenters. The van der Waals surface area contributed by atoms with Gasteiger partial charge in [0.15, 0.2) is 0 Å². The van der Waals surface area contributed by atoms with Gasteiger partial charge in [0.05, 0.1) is 31.7 Å². The van der Waals surface area contributed by atoms with Crippen LogP contribution in [0.2, 0.25) is 0 Å². The van der Waals surface area contributed by atoms with Gasteiger partial charge in [-0.3, -0.25) is 19.4 Å². The maximum atomic E-state index is 12.3. The Bertz CT molecular complexity index is 328. The lowest BCUT2D eigenvalue weighted by Gasteiger charge is -2.29. The molecule has 3 fully saturated rings. The van der Waals surface area contributed by atoms with Gasteiger partial charge in [0, 0.05) is 13.1 Å². The lowest BCUT2D eigenvalue weighted by Crippen LogP contribution is -2.46. The molecule has 1 saturated carbocycles. The van der Waals surface area contributed by atoms with Crippen molar-refractivity contribution in [2.45, 2.75) is 25.7 Å². The van der Waals surface area contributed by atoms with Gasteiger partial charge in [-0.25, -0.2) is 0 Å². The van der Waals surface area contributed by atoms with E-state index in [0.717, 1.165) is 38.8 Å². The third kappa shape index (κ3) is 2.06. The average molecular weight is 252 g/mol. The van der Waals surface area contributed by atoms with Crippen LogP contribution >= 0.6 is 0 Å². The molecule has 100 valence electrons. The number of likely N-dealkylation sites (tertiary alicyclic amines) is 1. The van der Waals surface area contributed by atoms with E-state index in [-0.39, 0.29) is 23.7 Å². The van der Waals surface area contributed by atoms with E-state index < -0.39 is 0 Å². The van der Waals surface area contributed by atoms with Crippen molar-refractivity contribution in [3.05, 3.63) is 0 Å². The number of imide groups is 1. The summed E-state index contributed by atoms with van der Waals surface area (Å²) in [6.07, 6.45) is 3.97. The molecule has 0 aromatic heterocycles. The van der Waals surface area contributed by atoms with Gasteiger partial charge in [-0.05, 0) is 12.8 Å². The van der Waals surface area contributed by atoms with Crippen LogP contribution in [0, 0.1) is 11.8 Å². The Labute approximate surface area is 107 Å². The predicted octanol–water partition coefficient (Wildman–Crippen LogP) is 0.451. The molecule has 3 aliphatic rings. The highest BCUT2D eigenvalue weighted by Crippen LogP contribution is 2.37. The smallest absolute Gasteiger partial charge is 0.234 e. The van der Waals surface area contributed by atoms with Crippen LogP contribution in [0.4, 0.5) is 0 Å². The first-order valence-electron chi connectivity index (χ1n) is 6.92. The van der Waals surface area contributed by atoms with Crippen LogP contribution in [0.5, 0.6) is 0 Å². The number of carbonyl (C=O) groups is 2. The van der Waals surface area contributed by atoms with E-state index in [1.165, 1.54) is 4.90 Å². The molecule has 1 aliphatic carbocycles. The van der Waals surface area contributed by atoms with Gasteiger partial charge in [-0.1, -0.05) is 12.8 Å². The molecule has 0 N–H and O–H groups in total. The molecule has 2 heterocycles. The van der Waals surface area contributed by atoms with Gasteiger partial charge in [0.25, 0.3) is 0 Å². The minimum absolute atomic E-state index is 0.0210. The van der Waals surface area contributed by atoms with Crippen LogP contribution in [-0.2, 0) is 14.3 Å². The molecule has 0 aromatic rings. The normalized spacial score (nSPS) is 33.9. The summed E-state index contributed by atoms with van der Waals surface area (Å²) >= 11 is 0. The molecular weight excluding hydrogens is 232 g/mol. The van der Waals surface area contributed by atoms with Gasteiger partial charge >= 0.3 is 0 Å². The van der Waals surface area contributed by atoms with Crippen molar-refractivity contribution in [3.8, 4) is 0 Å². The molecule has 0 spiro atoms. The Morgan fingerprint density at radius 1 is 1.00 bits per heavy atom. The van der Waals surface area contributed by atoms with E-state index in [1.807, 2.05) is 0 Å². The second-order valence-corrected chi connectivity index (χ2v) is 5.47. The van der Waals surface area contributed by atoms with Gasteiger partial charge in [-0.2, -0.15) is 0 Å². The first-order chi connectivity index (χ1) is 8.77. The van der Waals surface area contributed by atoms with Crippen LogP contribution in [0.25, 0.3) is 0 Å². The van der Waals surface area contributed by atoms with Gasteiger partial charge in [-0.15, -0.1) is 0 Å². The largest absolute Gasteiger partial charge is 0.379 e. The van der Waals surface area contributed by atoms with Crippen LogP contribution in [-0.4, -0.2) is 54.6 Å². The maximum Gasteiger partial charge on any atom is 0.234 e. The van der Waals surface area contributed by atoms with Crippen molar-refractivity contribution in [1.82, 2.24) is 9.80 Å². The van der Waals surface area contributed by atoms with E-state index >= 15 is 0 Å². The number of fused-ring (bicyclic) bond motifs is 1. The highest BCUT2D eigenvalue weighted by Gasteiger charge is 2.48. The van der Waals surface area contributed by atoms with Crippen LogP contribution in [0.15, 0.2) is 0 Å². The first kappa shape index (κ1) is 12.1. The van der Waals surface area contributed by atoms with Crippen LogP contribution < -0.4 is 0 Å². The molecule has 2 saturated heterocycles. The fraction of sp³-hybridized carbons (Fsp3) is 0.846. The molecule has 0 radical (unpaired) electrons. The third-order valence-corrected chi connectivity index (χ3v) is 4.38. The topological polar surface area (TPSA) is 49.9 Å². The molecule has 2 aliphatic heterocycles. The summed E-state index contributed by atoms with van der Waals surface area (Å²) < 4.78 is 5.28. The fourth-order valence-corrected chi connectivity index (χ4v) is 3.31.